The van der Waals surface area contributed by atoms with Gasteiger partial charge < -0.3 is 14.7 Å². The van der Waals surface area contributed by atoms with Gasteiger partial charge in [0.05, 0.1) is 17.2 Å². The van der Waals surface area contributed by atoms with Gasteiger partial charge in [0.2, 0.25) is 0 Å². The van der Waals surface area contributed by atoms with Crippen LogP contribution in [0.1, 0.15) is 63.1 Å². The third kappa shape index (κ3) is 7.77. The zero-order valence-corrected chi connectivity index (χ0v) is 19.7. The first-order valence-corrected chi connectivity index (χ1v) is 11.4. The third-order valence-corrected chi connectivity index (χ3v) is 5.31. The number of carbonyl (C=O) groups excluding carboxylic acids is 1. The highest BCUT2D eigenvalue weighted by Crippen LogP contribution is 2.34. The summed E-state index contributed by atoms with van der Waals surface area (Å²) in [7, 11) is 0. The second kappa shape index (κ2) is 12.4. The van der Waals surface area contributed by atoms with Crippen molar-refractivity contribution in [1.82, 2.24) is 4.90 Å². The molecule has 2 atom stereocenters. The molecule has 0 bridgehead atoms. The van der Waals surface area contributed by atoms with E-state index in [0.29, 0.717) is 12.8 Å². The van der Waals surface area contributed by atoms with Crippen molar-refractivity contribution in [2.75, 3.05) is 0 Å². The summed E-state index contributed by atoms with van der Waals surface area (Å²) in [6, 6.07) is 13.7. The van der Waals surface area contributed by atoms with Crippen molar-refractivity contribution in [3.05, 3.63) is 65.2 Å². The number of aliphatic hydroxyl groups excluding tert-OH is 1. The molecule has 1 N–H and O–H groups in total. The minimum atomic E-state index is -4.74. The van der Waals surface area contributed by atoms with E-state index in [1.54, 1.807) is 0 Å². The lowest BCUT2D eigenvalue weighted by Gasteiger charge is -2.32. The predicted octanol–water partition coefficient (Wildman–Crippen LogP) is 5.91. The maximum Gasteiger partial charge on any atom is 0.417 e. The lowest BCUT2D eigenvalue weighted by Crippen LogP contribution is -2.47. The molecule has 0 saturated heterocycles. The van der Waals surface area contributed by atoms with Gasteiger partial charge in [0, 0.05) is 6.54 Å². The van der Waals surface area contributed by atoms with Gasteiger partial charge in [-0.1, -0.05) is 57.5 Å². The van der Waals surface area contributed by atoms with Crippen molar-refractivity contribution in [2.45, 2.75) is 71.5 Å². The molecule has 0 aliphatic carbocycles. The van der Waals surface area contributed by atoms with Crippen molar-refractivity contribution in [2.24, 2.45) is 5.92 Å². The number of hydrogen-bond donors (Lipinski definition) is 1. The first kappa shape index (κ1) is 27.2. The summed E-state index contributed by atoms with van der Waals surface area (Å²) in [6.07, 6.45) is -4.74. The zero-order valence-electron chi connectivity index (χ0n) is 19.7. The molecule has 2 rings (SSSR count). The van der Waals surface area contributed by atoms with E-state index in [2.05, 4.69) is 0 Å². The molecule has 5 nitrogen and oxygen atoms in total. The van der Waals surface area contributed by atoms with E-state index in [-0.39, 0.29) is 24.6 Å². The molecule has 0 aliphatic heterocycles. The average Bonchev–Trinajstić information content (AvgIpc) is 2.80. The highest BCUT2D eigenvalue weighted by Gasteiger charge is 2.35. The van der Waals surface area contributed by atoms with E-state index in [9.17, 15) is 23.1 Å². The van der Waals surface area contributed by atoms with E-state index in [1.807, 2.05) is 51.1 Å². The summed E-state index contributed by atoms with van der Waals surface area (Å²) < 4.78 is 46.0. The molecule has 2 aromatic carbocycles. The second-order valence-electron chi connectivity index (χ2n) is 8.63. The van der Waals surface area contributed by atoms with Crippen molar-refractivity contribution >= 4 is 5.91 Å². The number of ether oxygens (including phenoxy) is 1. The van der Waals surface area contributed by atoms with Crippen LogP contribution in [0.15, 0.2) is 48.5 Å². The van der Waals surface area contributed by atoms with Crippen LogP contribution in [0, 0.1) is 17.2 Å². The van der Waals surface area contributed by atoms with Crippen LogP contribution in [0.3, 0.4) is 0 Å². The number of amides is 1. The highest BCUT2D eigenvalue weighted by molar-refractivity contribution is 5.81. The molecule has 0 aliphatic rings. The molecule has 1 amide bonds. The van der Waals surface area contributed by atoms with Crippen LogP contribution in [0.25, 0.3) is 0 Å². The van der Waals surface area contributed by atoms with Crippen LogP contribution in [-0.4, -0.2) is 28.2 Å². The fourth-order valence-electron chi connectivity index (χ4n) is 3.56. The standard InChI is InChI=1S/C26H31F3N2O3/c1-4-5-11-24(32)31(17-19-9-7-6-8-10-19)25(33)23(14-18(2)3)34-21-13-12-20(16-30)22(15-21)26(27,28)29/h6-10,12-13,15,18,23-24,32H,4-5,11,14,17H2,1-3H3. The predicted molar refractivity (Wildman–Crippen MR) is 123 cm³/mol. The molecule has 0 saturated carbocycles. The number of nitriles is 1. The van der Waals surface area contributed by atoms with Crippen molar-refractivity contribution < 1.29 is 27.8 Å². The van der Waals surface area contributed by atoms with Gasteiger partial charge in [-0.05, 0) is 48.9 Å². The smallest absolute Gasteiger partial charge is 0.417 e. The number of alkyl halides is 3. The third-order valence-electron chi connectivity index (χ3n) is 5.31. The Morgan fingerprint density at radius 1 is 1.18 bits per heavy atom. The number of unbranched alkanes of at least 4 members (excludes halogenated alkanes) is 1. The summed E-state index contributed by atoms with van der Waals surface area (Å²) in [5, 5.41) is 19.8. The molecule has 184 valence electrons. The molecule has 0 heterocycles. The summed E-state index contributed by atoms with van der Waals surface area (Å²) in [4.78, 5) is 14.9. The molecule has 0 spiro atoms. The van der Waals surface area contributed by atoms with Crippen molar-refractivity contribution in [3.63, 3.8) is 0 Å². The second-order valence-corrected chi connectivity index (χ2v) is 8.63. The lowest BCUT2D eigenvalue weighted by atomic mass is 10.0. The number of hydrogen-bond acceptors (Lipinski definition) is 4. The molecule has 2 unspecified atom stereocenters. The van der Waals surface area contributed by atoms with Crippen LogP contribution in [0.5, 0.6) is 5.75 Å². The highest BCUT2D eigenvalue weighted by atomic mass is 19.4. The normalized spacial score (nSPS) is 13.3. The Labute approximate surface area is 198 Å². The Morgan fingerprint density at radius 2 is 1.85 bits per heavy atom. The zero-order chi connectivity index (χ0) is 25.3. The van der Waals surface area contributed by atoms with E-state index < -0.39 is 35.5 Å². The van der Waals surface area contributed by atoms with Crippen LogP contribution >= 0.6 is 0 Å². The summed E-state index contributed by atoms with van der Waals surface area (Å²) in [5.41, 5.74) is -0.827. The Bertz CT molecular complexity index is 971. The number of aliphatic hydroxyl groups is 1. The molecule has 2 aromatic rings. The molecular weight excluding hydrogens is 445 g/mol. The number of benzene rings is 2. The maximum absolute atomic E-state index is 13.6. The average molecular weight is 477 g/mol. The van der Waals surface area contributed by atoms with Crippen molar-refractivity contribution in [3.8, 4) is 11.8 Å². The Kier molecular flexibility index (Phi) is 9.94. The minimum absolute atomic E-state index is 0.000721. The monoisotopic (exact) mass is 476 g/mol. The van der Waals surface area contributed by atoms with Crippen LogP contribution < -0.4 is 4.74 Å². The lowest BCUT2D eigenvalue weighted by molar-refractivity contribution is -0.151. The molecule has 0 radical (unpaired) electrons. The SMILES string of the molecule is CCCCC(O)N(Cc1ccccc1)C(=O)C(CC(C)C)Oc1ccc(C#N)c(C(F)(F)F)c1. The van der Waals surface area contributed by atoms with Crippen LogP contribution in [-0.2, 0) is 17.5 Å². The van der Waals surface area contributed by atoms with Gasteiger partial charge in [-0.25, -0.2) is 0 Å². The van der Waals surface area contributed by atoms with E-state index in [4.69, 9.17) is 10.00 Å². The van der Waals surface area contributed by atoms with E-state index in [1.165, 1.54) is 17.0 Å². The molecule has 8 heteroatoms. The summed E-state index contributed by atoms with van der Waals surface area (Å²) >= 11 is 0. The molecular formula is C26H31F3N2O3. The minimum Gasteiger partial charge on any atom is -0.481 e. The van der Waals surface area contributed by atoms with Gasteiger partial charge in [-0.15, -0.1) is 0 Å². The Hall–Kier alpha value is -3.05. The van der Waals surface area contributed by atoms with Gasteiger partial charge >= 0.3 is 6.18 Å². The fraction of sp³-hybridized carbons (Fsp3) is 0.462. The van der Waals surface area contributed by atoms with Gasteiger partial charge in [0.25, 0.3) is 5.91 Å². The number of nitrogens with zero attached hydrogens (tertiary/aromatic N) is 2. The fourth-order valence-corrected chi connectivity index (χ4v) is 3.56. The number of halogens is 3. The van der Waals surface area contributed by atoms with Crippen LogP contribution in [0.4, 0.5) is 13.2 Å². The van der Waals surface area contributed by atoms with E-state index in [0.717, 1.165) is 24.1 Å². The number of rotatable bonds is 11. The first-order chi connectivity index (χ1) is 16.1. The van der Waals surface area contributed by atoms with Crippen molar-refractivity contribution in [1.29, 1.82) is 5.26 Å². The van der Waals surface area contributed by atoms with Gasteiger partial charge in [-0.2, -0.15) is 18.4 Å². The van der Waals surface area contributed by atoms with Gasteiger partial charge in [0.15, 0.2) is 6.10 Å². The summed E-state index contributed by atoms with van der Waals surface area (Å²) in [5.74, 6) is -0.659. The summed E-state index contributed by atoms with van der Waals surface area (Å²) in [6.45, 7) is 5.87. The maximum atomic E-state index is 13.6. The quantitative estimate of drug-likeness (QED) is 0.409. The first-order valence-electron chi connectivity index (χ1n) is 11.4. The van der Waals surface area contributed by atoms with Crippen LogP contribution in [0.2, 0.25) is 0 Å². The Morgan fingerprint density at radius 3 is 2.41 bits per heavy atom. The van der Waals surface area contributed by atoms with Gasteiger partial charge in [-0.3, -0.25) is 4.79 Å². The Balaban J connectivity index is 2.38. The molecule has 0 fully saturated rings. The van der Waals surface area contributed by atoms with Gasteiger partial charge in [0.1, 0.15) is 12.0 Å². The van der Waals surface area contributed by atoms with E-state index >= 15 is 0 Å². The number of carbonyl (C=O) groups is 1. The molecule has 34 heavy (non-hydrogen) atoms. The molecule has 0 aromatic heterocycles. The largest absolute Gasteiger partial charge is 0.481 e. The topological polar surface area (TPSA) is 73.6 Å².